The molecule has 0 aromatic heterocycles. The standard InChI is InChI=1S/C31H46O4/c1-18(27(33)34-8)15-20-16-19(2)31(7)26(35-20)17-23-21-9-10-24-28(3,4)25(32)12-13-29(24,5)22(21)11-14-30(23,31)6/h15,17,19-20,24-26,32H,9-14,16H2,1-8H3/b18-15+/t19-,20+,24-,25-,26-,29-,30-,31-/m1/s1. The largest absolute Gasteiger partial charge is 0.466 e. The summed E-state index contributed by atoms with van der Waals surface area (Å²) in [7, 11) is 1.43. The number of carbonyl (C=O) groups excluding carboxylic acids is 1. The van der Waals surface area contributed by atoms with Crippen LogP contribution in [0.15, 0.2) is 34.4 Å². The van der Waals surface area contributed by atoms with Crippen LogP contribution in [-0.2, 0) is 14.3 Å². The second kappa shape index (κ2) is 8.05. The molecule has 4 aliphatic carbocycles. The predicted octanol–water partition coefficient (Wildman–Crippen LogP) is 6.54. The van der Waals surface area contributed by atoms with Crippen molar-refractivity contribution in [3.05, 3.63) is 34.4 Å². The Labute approximate surface area is 212 Å². The molecule has 1 aliphatic heterocycles. The van der Waals surface area contributed by atoms with E-state index in [2.05, 4.69) is 47.6 Å². The lowest BCUT2D eigenvalue weighted by Gasteiger charge is -2.60. The van der Waals surface area contributed by atoms with Crippen LogP contribution in [-0.4, -0.2) is 36.5 Å². The number of esters is 1. The van der Waals surface area contributed by atoms with Gasteiger partial charge in [-0.05, 0) is 91.8 Å². The quantitative estimate of drug-likeness (QED) is 0.359. The van der Waals surface area contributed by atoms with Crippen LogP contribution in [0.4, 0.5) is 0 Å². The summed E-state index contributed by atoms with van der Waals surface area (Å²) in [5.74, 6) is 0.734. The SMILES string of the molecule is COC(=O)/C(C)=C/[C@H]1C[C@@H](C)[C@]2(C)[C@@H](C=C3C4=C(CC[C@]32C)[C@@]2(C)CC[C@@H](O)C(C)(C)[C@H]2CC4)O1. The molecule has 8 atom stereocenters. The van der Waals surface area contributed by atoms with Crippen molar-refractivity contribution in [2.24, 2.45) is 33.5 Å². The van der Waals surface area contributed by atoms with E-state index in [-0.39, 0.29) is 45.9 Å². The molecule has 0 bridgehead atoms. The van der Waals surface area contributed by atoms with Gasteiger partial charge in [0.1, 0.15) is 0 Å². The Balaban J connectivity index is 1.53. The number of aliphatic hydroxyl groups is 1. The zero-order valence-electron chi connectivity index (χ0n) is 23.2. The zero-order chi connectivity index (χ0) is 25.6. The number of allylic oxidation sites excluding steroid dienone is 3. The van der Waals surface area contributed by atoms with Gasteiger partial charge in [0.05, 0.1) is 25.4 Å². The molecule has 5 aliphatic rings. The molecule has 5 rings (SSSR count). The summed E-state index contributed by atoms with van der Waals surface area (Å²) < 4.78 is 11.7. The lowest BCUT2D eigenvalue weighted by Crippen LogP contribution is -2.55. The van der Waals surface area contributed by atoms with E-state index in [0.29, 0.717) is 17.4 Å². The van der Waals surface area contributed by atoms with E-state index in [1.165, 1.54) is 20.0 Å². The van der Waals surface area contributed by atoms with Crippen molar-refractivity contribution in [3.8, 4) is 0 Å². The first-order chi connectivity index (χ1) is 16.3. The number of methoxy groups -OCH3 is 1. The number of hydrogen-bond acceptors (Lipinski definition) is 4. The van der Waals surface area contributed by atoms with E-state index in [0.717, 1.165) is 32.1 Å². The first-order valence-corrected chi connectivity index (χ1v) is 13.9. The summed E-state index contributed by atoms with van der Waals surface area (Å²) in [6, 6.07) is 0. The van der Waals surface area contributed by atoms with Crippen LogP contribution in [0, 0.1) is 33.5 Å². The van der Waals surface area contributed by atoms with Gasteiger partial charge in [-0.3, -0.25) is 0 Å². The fourth-order valence-electron chi connectivity index (χ4n) is 9.39. The van der Waals surface area contributed by atoms with Crippen LogP contribution in [0.25, 0.3) is 0 Å². The van der Waals surface area contributed by atoms with E-state index < -0.39 is 0 Å². The van der Waals surface area contributed by atoms with Gasteiger partial charge in [0.2, 0.25) is 0 Å². The summed E-state index contributed by atoms with van der Waals surface area (Å²) in [6.07, 6.45) is 11.8. The fraction of sp³-hybridized carbons (Fsp3) is 0.774. The molecule has 0 spiro atoms. The van der Waals surface area contributed by atoms with Gasteiger partial charge in [-0.25, -0.2) is 4.79 Å². The Kier molecular flexibility index (Phi) is 5.81. The highest BCUT2D eigenvalue weighted by molar-refractivity contribution is 5.87. The molecule has 0 unspecified atom stereocenters. The van der Waals surface area contributed by atoms with Gasteiger partial charge in [0.25, 0.3) is 0 Å². The van der Waals surface area contributed by atoms with Crippen LogP contribution in [0.3, 0.4) is 0 Å². The number of hydrogen-bond donors (Lipinski definition) is 1. The van der Waals surface area contributed by atoms with Gasteiger partial charge in [-0.1, -0.05) is 53.2 Å². The Bertz CT molecular complexity index is 1020. The summed E-state index contributed by atoms with van der Waals surface area (Å²) >= 11 is 0. The molecule has 1 heterocycles. The van der Waals surface area contributed by atoms with Crippen molar-refractivity contribution >= 4 is 5.97 Å². The normalized spacial score (nSPS) is 46.7. The van der Waals surface area contributed by atoms with Gasteiger partial charge in [0.15, 0.2) is 0 Å². The monoisotopic (exact) mass is 482 g/mol. The van der Waals surface area contributed by atoms with Gasteiger partial charge < -0.3 is 14.6 Å². The first kappa shape index (κ1) is 25.3. The molecule has 0 aromatic carbocycles. The second-order valence-corrected chi connectivity index (χ2v) is 13.6. The van der Waals surface area contributed by atoms with Crippen molar-refractivity contribution in [3.63, 3.8) is 0 Å². The van der Waals surface area contributed by atoms with Crippen molar-refractivity contribution in [2.45, 2.75) is 112 Å². The molecular weight excluding hydrogens is 436 g/mol. The summed E-state index contributed by atoms with van der Waals surface area (Å²) in [5.41, 5.74) is 5.78. The summed E-state index contributed by atoms with van der Waals surface area (Å²) in [4.78, 5) is 12.0. The molecular formula is C31H46O4. The predicted molar refractivity (Wildman–Crippen MR) is 139 cm³/mol. The maximum absolute atomic E-state index is 12.0. The average molecular weight is 483 g/mol. The number of fused-ring (bicyclic) bond motifs is 6. The third kappa shape index (κ3) is 3.27. The maximum Gasteiger partial charge on any atom is 0.333 e. The number of ether oxygens (including phenoxy) is 2. The Morgan fingerprint density at radius 2 is 1.86 bits per heavy atom. The van der Waals surface area contributed by atoms with Crippen molar-refractivity contribution < 1.29 is 19.4 Å². The summed E-state index contributed by atoms with van der Waals surface area (Å²) in [6.45, 7) is 16.3. The van der Waals surface area contributed by atoms with Gasteiger partial charge in [-0.15, -0.1) is 0 Å². The minimum atomic E-state index is -0.277. The van der Waals surface area contributed by atoms with E-state index in [1.54, 1.807) is 16.7 Å². The van der Waals surface area contributed by atoms with Gasteiger partial charge in [-0.2, -0.15) is 0 Å². The molecule has 0 radical (unpaired) electrons. The van der Waals surface area contributed by atoms with E-state index in [4.69, 9.17) is 9.47 Å². The van der Waals surface area contributed by atoms with E-state index in [1.807, 2.05) is 13.0 Å². The Hall–Kier alpha value is -1.39. The lowest BCUT2D eigenvalue weighted by molar-refractivity contribution is -0.147. The van der Waals surface area contributed by atoms with Gasteiger partial charge >= 0.3 is 5.97 Å². The van der Waals surface area contributed by atoms with Crippen LogP contribution in [0.1, 0.15) is 93.4 Å². The van der Waals surface area contributed by atoms with Crippen LogP contribution in [0.5, 0.6) is 0 Å². The highest BCUT2D eigenvalue weighted by atomic mass is 16.5. The average Bonchev–Trinajstić information content (AvgIpc) is 3.04. The van der Waals surface area contributed by atoms with Crippen LogP contribution >= 0.6 is 0 Å². The van der Waals surface area contributed by atoms with Crippen molar-refractivity contribution in [2.75, 3.05) is 7.11 Å². The molecule has 35 heavy (non-hydrogen) atoms. The molecule has 1 N–H and O–H groups in total. The number of rotatable bonds is 2. The third-order valence-corrected chi connectivity index (χ3v) is 12.0. The Morgan fingerprint density at radius 1 is 1.14 bits per heavy atom. The lowest BCUT2D eigenvalue weighted by atomic mass is 9.45. The van der Waals surface area contributed by atoms with Crippen molar-refractivity contribution in [1.82, 2.24) is 0 Å². The van der Waals surface area contributed by atoms with Gasteiger partial charge in [0, 0.05) is 16.4 Å². The number of aliphatic hydroxyl groups excluding tert-OH is 1. The molecule has 0 amide bonds. The molecule has 194 valence electrons. The fourth-order valence-corrected chi connectivity index (χ4v) is 9.39. The number of carbonyl (C=O) groups is 1. The highest BCUT2D eigenvalue weighted by Gasteiger charge is 2.64. The molecule has 4 heteroatoms. The summed E-state index contributed by atoms with van der Waals surface area (Å²) in [5, 5.41) is 10.8. The van der Waals surface area contributed by atoms with E-state index >= 15 is 0 Å². The van der Waals surface area contributed by atoms with Crippen LogP contribution < -0.4 is 0 Å². The zero-order valence-corrected chi connectivity index (χ0v) is 23.2. The molecule has 1 saturated carbocycles. The maximum atomic E-state index is 12.0. The third-order valence-electron chi connectivity index (χ3n) is 12.0. The second-order valence-electron chi connectivity index (χ2n) is 13.6. The Morgan fingerprint density at radius 3 is 2.54 bits per heavy atom. The van der Waals surface area contributed by atoms with Crippen molar-refractivity contribution in [1.29, 1.82) is 0 Å². The minimum absolute atomic E-state index is 0.0367. The van der Waals surface area contributed by atoms with Crippen LogP contribution in [0.2, 0.25) is 0 Å². The molecule has 0 aromatic rings. The first-order valence-electron chi connectivity index (χ1n) is 13.9. The highest BCUT2D eigenvalue weighted by Crippen LogP contribution is 2.70. The molecule has 4 nitrogen and oxygen atoms in total. The minimum Gasteiger partial charge on any atom is -0.466 e. The van der Waals surface area contributed by atoms with E-state index in [9.17, 15) is 9.90 Å². The molecule has 2 fully saturated rings. The molecule has 1 saturated heterocycles. The smallest absolute Gasteiger partial charge is 0.333 e. The topological polar surface area (TPSA) is 55.8 Å².